The van der Waals surface area contributed by atoms with Gasteiger partial charge in [-0.2, -0.15) is 0 Å². The van der Waals surface area contributed by atoms with Gasteiger partial charge in [0.1, 0.15) is 6.33 Å². The van der Waals surface area contributed by atoms with Crippen molar-refractivity contribution in [2.24, 2.45) is 0 Å². The fourth-order valence-corrected chi connectivity index (χ4v) is 1.87. The zero-order valence-electron chi connectivity index (χ0n) is 10.8. The first-order valence-corrected chi connectivity index (χ1v) is 6.23. The summed E-state index contributed by atoms with van der Waals surface area (Å²) in [4.78, 5) is 12.8. The van der Waals surface area contributed by atoms with E-state index in [2.05, 4.69) is 27.2 Å². The van der Waals surface area contributed by atoms with Gasteiger partial charge in [0.2, 0.25) is 0 Å². The van der Waals surface area contributed by atoms with E-state index in [1.807, 2.05) is 37.5 Å². The van der Waals surface area contributed by atoms with Crippen LogP contribution in [0.2, 0.25) is 0 Å². The van der Waals surface area contributed by atoms with E-state index in [4.69, 9.17) is 0 Å². The Labute approximate surface area is 108 Å². The molecule has 4 nitrogen and oxygen atoms in total. The summed E-state index contributed by atoms with van der Waals surface area (Å²) in [5, 5.41) is 3.49. The van der Waals surface area contributed by atoms with Gasteiger partial charge in [-0.1, -0.05) is 13.0 Å². The van der Waals surface area contributed by atoms with Gasteiger partial charge in [-0.3, -0.25) is 4.98 Å². The number of aromatic nitrogens is 3. The molecule has 2 aromatic rings. The summed E-state index contributed by atoms with van der Waals surface area (Å²) in [5.74, 6) is 0. The minimum absolute atomic E-state index is 0.0612. The predicted molar refractivity (Wildman–Crippen MR) is 71.1 cm³/mol. The smallest absolute Gasteiger partial charge is 0.115 e. The normalized spacial score (nSPS) is 12.3. The molecule has 0 aliphatic heterocycles. The molecule has 0 aliphatic rings. The van der Waals surface area contributed by atoms with Crippen molar-refractivity contribution in [2.75, 3.05) is 6.54 Å². The first kappa shape index (κ1) is 12.6. The molecule has 1 atom stereocenters. The van der Waals surface area contributed by atoms with E-state index in [9.17, 15) is 0 Å². The lowest BCUT2D eigenvalue weighted by Crippen LogP contribution is -2.24. The number of nitrogens with zero attached hydrogens (tertiary/aromatic N) is 3. The molecular formula is C14H18N4. The van der Waals surface area contributed by atoms with Gasteiger partial charge in [0.25, 0.3) is 0 Å². The molecule has 1 unspecified atom stereocenters. The van der Waals surface area contributed by atoms with Gasteiger partial charge in [0.05, 0.1) is 11.7 Å². The average molecular weight is 242 g/mol. The number of pyridine rings is 1. The van der Waals surface area contributed by atoms with Gasteiger partial charge in [0, 0.05) is 23.7 Å². The Balaban J connectivity index is 2.31. The van der Waals surface area contributed by atoms with Crippen molar-refractivity contribution in [3.05, 3.63) is 53.9 Å². The number of hydrogen-bond acceptors (Lipinski definition) is 4. The van der Waals surface area contributed by atoms with Crippen LogP contribution in [-0.2, 0) is 0 Å². The number of hydrogen-bond donors (Lipinski definition) is 1. The molecule has 2 heterocycles. The third-order valence-corrected chi connectivity index (χ3v) is 2.72. The molecule has 0 spiro atoms. The highest BCUT2D eigenvalue weighted by molar-refractivity contribution is 5.24. The van der Waals surface area contributed by atoms with Crippen LogP contribution in [0.15, 0.2) is 36.9 Å². The minimum Gasteiger partial charge on any atom is -0.305 e. The van der Waals surface area contributed by atoms with Crippen molar-refractivity contribution in [3.63, 3.8) is 0 Å². The summed E-state index contributed by atoms with van der Waals surface area (Å²) < 4.78 is 0. The highest BCUT2D eigenvalue weighted by Gasteiger charge is 2.15. The van der Waals surface area contributed by atoms with Gasteiger partial charge >= 0.3 is 0 Å². The van der Waals surface area contributed by atoms with Crippen molar-refractivity contribution >= 4 is 0 Å². The third kappa shape index (κ3) is 3.11. The molecule has 0 radical (unpaired) electrons. The minimum atomic E-state index is 0.0612. The SMILES string of the molecule is CCCNC(c1cncnc1)c1cccc(C)n1. The van der Waals surface area contributed by atoms with Crippen LogP contribution in [0.1, 0.15) is 36.3 Å². The first-order valence-electron chi connectivity index (χ1n) is 6.23. The van der Waals surface area contributed by atoms with Crippen LogP contribution in [0.5, 0.6) is 0 Å². The highest BCUT2D eigenvalue weighted by Crippen LogP contribution is 2.19. The summed E-state index contributed by atoms with van der Waals surface area (Å²) in [6.45, 7) is 5.09. The first-order chi connectivity index (χ1) is 8.81. The van der Waals surface area contributed by atoms with Gasteiger partial charge < -0.3 is 5.32 Å². The third-order valence-electron chi connectivity index (χ3n) is 2.72. The maximum absolute atomic E-state index is 4.58. The topological polar surface area (TPSA) is 50.7 Å². The van der Waals surface area contributed by atoms with Gasteiger partial charge in [-0.25, -0.2) is 9.97 Å². The maximum Gasteiger partial charge on any atom is 0.115 e. The zero-order chi connectivity index (χ0) is 12.8. The van der Waals surface area contributed by atoms with Crippen molar-refractivity contribution in [2.45, 2.75) is 26.3 Å². The van der Waals surface area contributed by atoms with Crippen molar-refractivity contribution in [1.82, 2.24) is 20.3 Å². The fourth-order valence-electron chi connectivity index (χ4n) is 1.87. The number of aryl methyl sites for hydroxylation is 1. The van der Waals surface area contributed by atoms with Crippen LogP contribution < -0.4 is 5.32 Å². The van der Waals surface area contributed by atoms with E-state index in [0.29, 0.717) is 0 Å². The summed E-state index contributed by atoms with van der Waals surface area (Å²) in [5.41, 5.74) is 3.08. The maximum atomic E-state index is 4.58. The summed E-state index contributed by atoms with van der Waals surface area (Å²) in [6.07, 6.45) is 6.30. The molecule has 18 heavy (non-hydrogen) atoms. The lowest BCUT2D eigenvalue weighted by Gasteiger charge is -2.18. The van der Waals surface area contributed by atoms with E-state index >= 15 is 0 Å². The van der Waals surface area contributed by atoms with Crippen molar-refractivity contribution in [3.8, 4) is 0 Å². The zero-order valence-corrected chi connectivity index (χ0v) is 10.8. The van der Waals surface area contributed by atoms with Crippen LogP contribution in [0.4, 0.5) is 0 Å². The molecule has 0 aromatic carbocycles. The second-order valence-corrected chi connectivity index (χ2v) is 4.26. The van der Waals surface area contributed by atoms with Crippen molar-refractivity contribution < 1.29 is 0 Å². The van der Waals surface area contributed by atoms with Crippen LogP contribution in [0, 0.1) is 6.92 Å². The van der Waals surface area contributed by atoms with E-state index in [-0.39, 0.29) is 6.04 Å². The average Bonchev–Trinajstić information content (AvgIpc) is 2.40. The number of nitrogens with one attached hydrogen (secondary N) is 1. The molecule has 0 bridgehead atoms. The van der Waals surface area contributed by atoms with Crippen LogP contribution in [0.25, 0.3) is 0 Å². The number of rotatable bonds is 5. The predicted octanol–water partition coefficient (Wildman–Crippen LogP) is 2.27. The second kappa shape index (κ2) is 6.21. The summed E-state index contributed by atoms with van der Waals surface area (Å²) in [6, 6.07) is 6.13. The molecule has 0 saturated carbocycles. The van der Waals surface area contributed by atoms with Gasteiger partial charge in [-0.05, 0) is 32.0 Å². The molecule has 2 aromatic heterocycles. The standard InChI is InChI=1S/C14H18N4/c1-3-7-17-14(12-8-15-10-16-9-12)13-6-4-5-11(2)18-13/h4-6,8-10,14,17H,3,7H2,1-2H3. The van der Waals surface area contributed by atoms with Gasteiger partial charge in [-0.15, -0.1) is 0 Å². The largest absolute Gasteiger partial charge is 0.305 e. The fraction of sp³-hybridized carbons (Fsp3) is 0.357. The molecule has 94 valence electrons. The van der Waals surface area contributed by atoms with E-state index in [1.165, 1.54) is 0 Å². The Kier molecular flexibility index (Phi) is 4.36. The van der Waals surface area contributed by atoms with E-state index in [1.54, 1.807) is 6.33 Å². The van der Waals surface area contributed by atoms with Crippen molar-refractivity contribution in [1.29, 1.82) is 0 Å². The van der Waals surface area contributed by atoms with E-state index in [0.717, 1.165) is 29.9 Å². The Hall–Kier alpha value is -1.81. The van der Waals surface area contributed by atoms with Crippen LogP contribution in [-0.4, -0.2) is 21.5 Å². The Morgan fingerprint density at radius 3 is 2.67 bits per heavy atom. The van der Waals surface area contributed by atoms with E-state index < -0.39 is 0 Å². The molecule has 0 saturated heterocycles. The summed E-state index contributed by atoms with van der Waals surface area (Å²) in [7, 11) is 0. The molecule has 1 N–H and O–H groups in total. The highest BCUT2D eigenvalue weighted by atomic mass is 15.0. The lowest BCUT2D eigenvalue weighted by molar-refractivity contribution is 0.582. The molecule has 0 amide bonds. The quantitative estimate of drug-likeness (QED) is 0.873. The molecule has 2 rings (SSSR count). The Bertz CT molecular complexity index is 484. The summed E-state index contributed by atoms with van der Waals surface area (Å²) >= 11 is 0. The molecular weight excluding hydrogens is 224 g/mol. The second-order valence-electron chi connectivity index (χ2n) is 4.26. The molecule has 4 heteroatoms. The molecule has 0 aliphatic carbocycles. The van der Waals surface area contributed by atoms with Crippen LogP contribution >= 0.6 is 0 Å². The van der Waals surface area contributed by atoms with Gasteiger partial charge in [0.15, 0.2) is 0 Å². The van der Waals surface area contributed by atoms with Crippen LogP contribution in [0.3, 0.4) is 0 Å². The molecule has 0 fully saturated rings. The Morgan fingerprint density at radius 1 is 1.22 bits per heavy atom. The lowest BCUT2D eigenvalue weighted by atomic mass is 10.1. The Morgan fingerprint density at radius 2 is 2.00 bits per heavy atom. The monoisotopic (exact) mass is 242 g/mol.